The highest BCUT2D eigenvalue weighted by Gasteiger charge is 2.23. The molecule has 1 saturated carbocycles. The van der Waals surface area contributed by atoms with Gasteiger partial charge >= 0.3 is 0 Å². The maximum Gasteiger partial charge on any atom is 0.161 e. The van der Waals surface area contributed by atoms with Gasteiger partial charge in [-0.1, -0.05) is 13.0 Å². The Morgan fingerprint density at radius 3 is 2.56 bits per heavy atom. The molecule has 1 rings (SSSR count). The lowest BCUT2D eigenvalue weighted by Crippen LogP contribution is -2.01. The Kier molecular flexibility index (Phi) is 1.70. The molecule has 0 aliphatic heterocycles. The summed E-state index contributed by atoms with van der Waals surface area (Å²) in [4.78, 5) is 11.1. The lowest BCUT2D eigenvalue weighted by atomic mass is 10.1. The summed E-state index contributed by atoms with van der Waals surface area (Å²) >= 11 is 0. The van der Waals surface area contributed by atoms with Crippen molar-refractivity contribution in [1.82, 2.24) is 0 Å². The molecule has 0 radical (unpaired) electrons. The van der Waals surface area contributed by atoms with Crippen LogP contribution in [-0.4, -0.2) is 5.78 Å². The molecule has 9 heavy (non-hydrogen) atoms. The van der Waals surface area contributed by atoms with E-state index in [1.54, 1.807) is 0 Å². The van der Waals surface area contributed by atoms with E-state index in [-0.39, 0.29) is 5.92 Å². The number of allylic oxidation sites excluding steroid dienone is 2. The van der Waals surface area contributed by atoms with Crippen molar-refractivity contribution in [2.45, 2.75) is 26.7 Å². The Morgan fingerprint density at radius 2 is 2.33 bits per heavy atom. The maximum absolute atomic E-state index is 11.1. The summed E-state index contributed by atoms with van der Waals surface area (Å²) in [6.45, 7) is 3.93. The molecule has 1 heteroatoms. The Balaban J connectivity index is 2.74. The summed E-state index contributed by atoms with van der Waals surface area (Å²) in [7, 11) is 0. The Morgan fingerprint density at radius 1 is 1.67 bits per heavy atom. The molecule has 0 saturated heterocycles. The van der Waals surface area contributed by atoms with E-state index in [9.17, 15) is 4.79 Å². The molecule has 1 atom stereocenters. The summed E-state index contributed by atoms with van der Waals surface area (Å²) in [5.74, 6) is 0.647. The molecular formula is C8H12O. The number of hydrogen-bond acceptors (Lipinski definition) is 1. The SMILES string of the molecule is C/C=C1/CCC(C)C1=O. The van der Waals surface area contributed by atoms with Gasteiger partial charge in [0, 0.05) is 5.92 Å². The monoisotopic (exact) mass is 124 g/mol. The van der Waals surface area contributed by atoms with Crippen LogP contribution in [0.2, 0.25) is 0 Å². The zero-order valence-corrected chi connectivity index (χ0v) is 5.98. The van der Waals surface area contributed by atoms with Crippen molar-refractivity contribution < 1.29 is 4.79 Å². The molecule has 0 aromatic heterocycles. The Bertz CT molecular complexity index is 156. The van der Waals surface area contributed by atoms with E-state index >= 15 is 0 Å². The fraction of sp³-hybridized carbons (Fsp3) is 0.625. The quantitative estimate of drug-likeness (QED) is 0.451. The predicted molar refractivity (Wildman–Crippen MR) is 37.2 cm³/mol. The highest BCUT2D eigenvalue weighted by molar-refractivity contribution is 5.98. The normalized spacial score (nSPS) is 32.0. The van der Waals surface area contributed by atoms with Gasteiger partial charge in [-0.3, -0.25) is 4.79 Å². The summed E-state index contributed by atoms with van der Waals surface area (Å²) in [5.41, 5.74) is 1.03. The van der Waals surface area contributed by atoms with Gasteiger partial charge in [-0.15, -0.1) is 0 Å². The van der Waals surface area contributed by atoms with Gasteiger partial charge in [-0.2, -0.15) is 0 Å². The molecule has 0 aromatic carbocycles. The second kappa shape index (κ2) is 2.34. The van der Waals surface area contributed by atoms with E-state index in [2.05, 4.69) is 0 Å². The van der Waals surface area contributed by atoms with Gasteiger partial charge in [0.25, 0.3) is 0 Å². The van der Waals surface area contributed by atoms with E-state index in [1.165, 1.54) is 0 Å². The van der Waals surface area contributed by atoms with Crippen LogP contribution in [0.4, 0.5) is 0 Å². The van der Waals surface area contributed by atoms with E-state index < -0.39 is 0 Å². The van der Waals surface area contributed by atoms with Crippen molar-refractivity contribution >= 4 is 5.78 Å². The highest BCUT2D eigenvalue weighted by atomic mass is 16.1. The standard InChI is InChI=1S/C8H12O/c1-3-7-5-4-6(2)8(7)9/h3,6H,4-5H2,1-2H3/b7-3-. The molecule has 0 bridgehead atoms. The van der Waals surface area contributed by atoms with Crippen LogP contribution in [0, 0.1) is 5.92 Å². The number of hydrogen-bond donors (Lipinski definition) is 0. The minimum Gasteiger partial charge on any atom is -0.294 e. The molecule has 1 aliphatic carbocycles. The van der Waals surface area contributed by atoms with Crippen molar-refractivity contribution in [2.24, 2.45) is 5.92 Å². The minimum absolute atomic E-state index is 0.288. The fourth-order valence-corrected chi connectivity index (χ4v) is 1.23. The first kappa shape index (κ1) is 6.53. The molecule has 0 amide bonds. The molecular weight excluding hydrogens is 112 g/mol. The van der Waals surface area contributed by atoms with Crippen molar-refractivity contribution in [3.05, 3.63) is 11.6 Å². The number of Topliss-reactive ketones (excluding diaryl/α,β-unsaturated/α-hetero) is 1. The second-order valence-electron chi connectivity index (χ2n) is 2.62. The summed E-state index contributed by atoms with van der Waals surface area (Å²) in [6, 6.07) is 0. The van der Waals surface area contributed by atoms with Crippen LogP contribution in [0.1, 0.15) is 26.7 Å². The van der Waals surface area contributed by atoms with Gasteiger partial charge in [0.15, 0.2) is 5.78 Å². The number of carbonyl (C=O) groups excluding carboxylic acids is 1. The van der Waals surface area contributed by atoms with E-state index in [4.69, 9.17) is 0 Å². The minimum atomic E-state index is 0.288. The molecule has 0 N–H and O–H groups in total. The summed E-state index contributed by atoms with van der Waals surface area (Å²) in [6.07, 6.45) is 3.99. The highest BCUT2D eigenvalue weighted by Crippen LogP contribution is 2.25. The molecule has 50 valence electrons. The number of rotatable bonds is 0. The predicted octanol–water partition coefficient (Wildman–Crippen LogP) is 1.93. The van der Waals surface area contributed by atoms with Crippen molar-refractivity contribution in [3.63, 3.8) is 0 Å². The topological polar surface area (TPSA) is 17.1 Å². The van der Waals surface area contributed by atoms with Gasteiger partial charge < -0.3 is 0 Å². The Hall–Kier alpha value is -0.590. The maximum atomic E-state index is 11.1. The van der Waals surface area contributed by atoms with Crippen molar-refractivity contribution in [2.75, 3.05) is 0 Å². The molecule has 1 fully saturated rings. The third-order valence-corrected chi connectivity index (χ3v) is 1.96. The molecule has 1 unspecified atom stereocenters. The van der Waals surface area contributed by atoms with Gasteiger partial charge in [0.05, 0.1) is 0 Å². The lowest BCUT2D eigenvalue weighted by Gasteiger charge is -1.93. The second-order valence-corrected chi connectivity index (χ2v) is 2.62. The van der Waals surface area contributed by atoms with Crippen molar-refractivity contribution in [3.8, 4) is 0 Å². The van der Waals surface area contributed by atoms with Crippen LogP contribution in [0.3, 0.4) is 0 Å². The summed E-state index contributed by atoms with van der Waals surface area (Å²) in [5, 5.41) is 0. The number of carbonyl (C=O) groups is 1. The van der Waals surface area contributed by atoms with Crippen LogP contribution < -0.4 is 0 Å². The van der Waals surface area contributed by atoms with Crippen LogP contribution in [0.25, 0.3) is 0 Å². The smallest absolute Gasteiger partial charge is 0.161 e. The average molecular weight is 124 g/mol. The first-order valence-corrected chi connectivity index (χ1v) is 3.45. The fourth-order valence-electron chi connectivity index (χ4n) is 1.23. The summed E-state index contributed by atoms with van der Waals surface area (Å²) < 4.78 is 0. The molecule has 1 aliphatic rings. The van der Waals surface area contributed by atoms with Gasteiger partial charge in [-0.25, -0.2) is 0 Å². The first-order chi connectivity index (χ1) is 4.25. The van der Waals surface area contributed by atoms with E-state index in [0.29, 0.717) is 5.78 Å². The van der Waals surface area contributed by atoms with Gasteiger partial charge in [-0.05, 0) is 25.3 Å². The van der Waals surface area contributed by atoms with Gasteiger partial charge in [0.1, 0.15) is 0 Å². The largest absolute Gasteiger partial charge is 0.294 e. The van der Waals surface area contributed by atoms with Crippen LogP contribution in [-0.2, 0) is 4.79 Å². The molecule has 0 spiro atoms. The van der Waals surface area contributed by atoms with Gasteiger partial charge in [0.2, 0.25) is 0 Å². The Labute approximate surface area is 55.8 Å². The molecule has 0 heterocycles. The van der Waals surface area contributed by atoms with E-state index in [1.807, 2.05) is 19.9 Å². The van der Waals surface area contributed by atoms with Crippen LogP contribution in [0.5, 0.6) is 0 Å². The first-order valence-electron chi connectivity index (χ1n) is 3.45. The number of ketones is 1. The zero-order chi connectivity index (χ0) is 6.85. The van der Waals surface area contributed by atoms with E-state index in [0.717, 1.165) is 18.4 Å². The third kappa shape index (κ3) is 1.04. The third-order valence-electron chi connectivity index (χ3n) is 1.96. The average Bonchev–Trinajstić information content (AvgIpc) is 2.15. The lowest BCUT2D eigenvalue weighted by molar-refractivity contribution is -0.117. The molecule has 1 nitrogen and oxygen atoms in total. The van der Waals surface area contributed by atoms with Crippen molar-refractivity contribution in [1.29, 1.82) is 0 Å². The molecule has 0 aromatic rings. The van der Waals surface area contributed by atoms with Crippen LogP contribution in [0.15, 0.2) is 11.6 Å². The van der Waals surface area contributed by atoms with Crippen LogP contribution >= 0.6 is 0 Å². The zero-order valence-electron chi connectivity index (χ0n) is 5.98.